The summed E-state index contributed by atoms with van der Waals surface area (Å²) < 4.78 is 5.05. The molecule has 0 unspecified atom stereocenters. The largest absolute Gasteiger partial charge is 0.383 e. The lowest BCUT2D eigenvalue weighted by atomic mass is 10.2. The average molecular weight is 275 g/mol. The maximum atomic E-state index is 5.73. The maximum Gasteiger partial charge on any atom is 0.222 e. The van der Waals surface area contributed by atoms with E-state index in [0.29, 0.717) is 5.95 Å². The fourth-order valence-corrected chi connectivity index (χ4v) is 1.95. The van der Waals surface area contributed by atoms with Crippen molar-refractivity contribution >= 4 is 22.7 Å². The number of hydrogen-bond acceptors (Lipinski definition) is 6. The quantitative estimate of drug-likeness (QED) is 0.791. The maximum absolute atomic E-state index is 5.73. The molecule has 0 atom stereocenters. The number of benzene rings is 1. The molecule has 0 saturated carbocycles. The minimum Gasteiger partial charge on any atom is -0.383 e. The second kappa shape index (κ2) is 7.02. The Bertz CT molecular complexity index is 560. The highest BCUT2D eigenvalue weighted by atomic mass is 16.5. The summed E-state index contributed by atoms with van der Waals surface area (Å²) in [5.41, 5.74) is 6.59. The van der Waals surface area contributed by atoms with E-state index in [-0.39, 0.29) is 0 Å². The zero-order valence-corrected chi connectivity index (χ0v) is 12.0. The summed E-state index contributed by atoms with van der Waals surface area (Å²) in [6, 6.07) is 7.84. The molecule has 0 radical (unpaired) electrons. The van der Waals surface area contributed by atoms with E-state index < -0.39 is 0 Å². The van der Waals surface area contributed by atoms with Crippen LogP contribution >= 0.6 is 0 Å². The molecule has 108 valence electrons. The van der Waals surface area contributed by atoms with Crippen molar-refractivity contribution in [2.75, 3.05) is 51.4 Å². The van der Waals surface area contributed by atoms with Gasteiger partial charge in [0.2, 0.25) is 5.95 Å². The summed E-state index contributed by atoms with van der Waals surface area (Å²) in [6.07, 6.45) is 0. The SMILES string of the molecule is COCCN(C)CCNc1nc(N)nc2ccccc12. The molecule has 3 N–H and O–H groups in total. The summed E-state index contributed by atoms with van der Waals surface area (Å²) >= 11 is 0. The highest BCUT2D eigenvalue weighted by Crippen LogP contribution is 2.20. The van der Waals surface area contributed by atoms with Crippen LogP contribution in [-0.4, -0.2) is 55.3 Å². The number of ether oxygens (including phenoxy) is 1. The number of nitrogens with two attached hydrogens (primary N) is 1. The van der Waals surface area contributed by atoms with Gasteiger partial charge in [-0.25, -0.2) is 4.98 Å². The molecule has 0 aliphatic carbocycles. The number of anilines is 2. The third-order valence-electron chi connectivity index (χ3n) is 3.08. The fraction of sp³-hybridized carbons (Fsp3) is 0.429. The Morgan fingerprint density at radius 1 is 1.25 bits per heavy atom. The monoisotopic (exact) mass is 275 g/mol. The lowest BCUT2D eigenvalue weighted by molar-refractivity contribution is 0.163. The molecular weight excluding hydrogens is 254 g/mol. The van der Waals surface area contributed by atoms with Crippen LogP contribution in [0.1, 0.15) is 0 Å². The molecule has 0 aliphatic heterocycles. The summed E-state index contributed by atoms with van der Waals surface area (Å²) in [7, 11) is 3.77. The van der Waals surface area contributed by atoms with Crippen LogP contribution in [0.2, 0.25) is 0 Å². The number of aromatic nitrogens is 2. The molecule has 1 aromatic carbocycles. The van der Waals surface area contributed by atoms with Gasteiger partial charge in [-0.2, -0.15) is 4.98 Å². The van der Waals surface area contributed by atoms with Crippen molar-refractivity contribution in [1.82, 2.24) is 14.9 Å². The summed E-state index contributed by atoms with van der Waals surface area (Å²) in [4.78, 5) is 10.7. The number of rotatable bonds is 7. The zero-order chi connectivity index (χ0) is 14.4. The van der Waals surface area contributed by atoms with Crippen LogP contribution in [0.5, 0.6) is 0 Å². The first kappa shape index (κ1) is 14.5. The van der Waals surface area contributed by atoms with E-state index in [4.69, 9.17) is 10.5 Å². The highest BCUT2D eigenvalue weighted by molar-refractivity contribution is 5.89. The number of methoxy groups -OCH3 is 1. The molecule has 0 fully saturated rings. The van der Waals surface area contributed by atoms with Crippen molar-refractivity contribution in [3.05, 3.63) is 24.3 Å². The van der Waals surface area contributed by atoms with Gasteiger partial charge >= 0.3 is 0 Å². The lowest BCUT2D eigenvalue weighted by Gasteiger charge is -2.17. The molecule has 0 aliphatic rings. The van der Waals surface area contributed by atoms with Crippen molar-refractivity contribution < 1.29 is 4.74 Å². The smallest absolute Gasteiger partial charge is 0.222 e. The Labute approximate surface area is 119 Å². The first-order chi connectivity index (χ1) is 9.70. The van der Waals surface area contributed by atoms with Crippen molar-refractivity contribution in [1.29, 1.82) is 0 Å². The minimum absolute atomic E-state index is 0.291. The summed E-state index contributed by atoms with van der Waals surface area (Å²) in [6.45, 7) is 3.34. The van der Waals surface area contributed by atoms with Gasteiger partial charge < -0.3 is 20.7 Å². The van der Waals surface area contributed by atoms with Crippen LogP contribution in [0.3, 0.4) is 0 Å². The molecule has 20 heavy (non-hydrogen) atoms. The number of nitrogens with one attached hydrogen (secondary N) is 1. The Kier molecular flexibility index (Phi) is 5.09. The third-order valence-corrected chi connectivity index (χ3v) is 3.08. The van der Waals surface area contributed by atoms with E-state index >= 15 is 0 Å². The molecule has 2 rings (SSSR count). The van der Waals surface area contributed by atoms with Crippen molar-refractivity contribution in [3.8, 4) is 0 Å². The average Bonchev–Trinajstić information content (AvgIpc) is 2.45. The van der Waals surface area contributed by atoms with Crippen LogP contribution in [0.25, 0.3) is 10.9 Å². The van der Waals surface area contributed by atoms with Crippen molar-refractivity contribution in [3.63, 3.8) is 0 Å². The standard InChI is InChI=1S/C14H21N5O/c1-19(9-10-20-2)8-7-16-13-11-5-3-4-6-12(11)17-14(15)18-13/h3-6H,7-10H2,1-2H3,(H3,15,16,17,18). The zero-order valence-electron chi connectivity index (χ0n) is 12.0. The van der Waals surface area contributed by atoms with Gasteiger partial charge in [0, 0.05) is 32.1 Å². The van der Waals surface area contributed by atoms with E-state index in [1.165, 1.54) is 0 Å². The molecule has 0 bridgehead atoms. The number of hydrogen-bond donors (Lipinski definition) is 2. The van der Waals surface area contributed by atoms with Gasteiger partial charge in [0.25, 0.3) is 0 Å². The number of fused-ring (bicyclic) bond motifs is 1. The first-order valence-electron chi connectivity index (χ1n) is 6.64. The minimum atomic E-state index is 0.291. The van der Waals surface area contributed by atoms with E-state index in [0.717, 1.165) is 43.0 Å². The normalized spacial score (nSPS) is 11.2. The van der Waals surface area contributed by atoms with Gasteiger partial charge in [-0.15, -0.1) is 0 Å². The third kappa shape index (κ3) is 3.79. The second-order valence-corrected chi connectivity index (χ2v) is 4.67. The molecule has 1 heterocycles. The van der Waals surface area contributed by atoms with Gasteiger partial charge in [-0.1, -0.05) is 12.1 Å². The Morgan fingerprint density at radius 2 is 2.05 bits per heavy atom. The second-order valence-electron chi connectivity index (χ2n) is 4.67. The van der Waals surface area contributed by atoms with E-state index in [1.54, 1.807) is 7.11 Å². The Morgan fingerprint density at radius 3 is 2.85 bits per heavy atom. The molecule has 0 saturated heterocycles. The summed E-state index contributed by atoms with van der Waals surface area (Å²) in [5, 5.41) is 4.31. The van der Waals surface area contributed by atoms with Crippen LogP contribution in [0.4, 0.5) is 11.8 Å². The number of nitrogens with zero attached hydrogens (tertiary/aromatic N) is 3. The number of nitrogen functional groups attached to an aromatic ring is 1. The van der Waals surface area contributed by atoms with Crippen LogP contribution in [0.15, 0.2) is 24.3 Å². The topological polar surface area (TPSA) is 76.3 Å². The lowest BCUT2D eigenvalue weighted by Crippen LogP contribution is -2.28. The number of para-hydroxylation sites is 1. The van der Waals surface area contributed by atoms with E-state index in [1.807, 2.05) is 24.3 Å². The van der Waals surface area contributed by atoms with E-state index in [2.05, 4.69) is 27.2 Å². The van der Waals surface area contributed by atoms with Crippen LogP contribution in [-0.2, 0) is 4.74 Å². The number of likely N-dealkylation sites (N-methyl/N-ethyl adjacent to an activating group) is 1. The Balaban J connectivity index is 1.99. The highest BCUT2D eigenvalue weighted by Gasteiger charge is 2.05. The first-order valence-corrected chi connectivity index (χ1v) is 6.64. The van der Waals surface area contributed by atoms with Gasteiger partial charge in [0.1, 0.15) is 5.82 Å². The van der Waals surface area contributed by atoms with Gasteiger partial charge in [0.15, 0.2) is 0 Å². The summed E-state index contributed by atoms with van der Waals surface area (Å²) in [5.74, 6) is 1.08. The molecule has 6 nitrogen and oxygen atoms in total. The molecule has 0 amide bonds. The van der Waals surface area contributed by atoms with Crippen molar-refractivity contribution in [2.45, 2.75) is 0 Å². The van der Waals surface area contributed by atoms with Gasteiger partial charge in [-0.05, 0) is 19.2 Å². The molecule has 6 heteroatoms. The van der Waals surface area contributed by atoms with Gasteiger partial charge in [-0.3, -0.25) is 0 Å². The molecular formula is C14H21N5O. The molecule has 2 aromatic rings. The van der Waals surface area contributed by atoms with E-state index in [9.17, 15) is 0 Å². The fourth-order valence-electron chi connectivity index (χ4n) is 1.95. The predicted molar refractivity (Wildman–Crippen MR) is 81.8 cm³/mol. The predicted octanol–water partition coefficient (Wildman–Crippen LogP) is 1.20. The van der Waals surface area contributed by atoms with Crippen LogP contribution < -0.4 is 11.1 Å². The molecule has 0 spiro atoms. The Hall–Kier alpha value is -1.92. The van der Waals surface area contributed by atoms with Gasteiger partial charge in [0.05, 0.1) is 12.1 Å². The molecule has 1 aromatic heterocycles. The van der Waals surface area contributed by atoms with Crippen LogP contribution in [0, 0.1) is 0 Å². The van der Waals surface area contributed by atoms with Crippen molar-refractivity contribution in [2.24, 2.45) is 0 Å².